The molecule has 0 aromatic rings. The molecule has 120 valence electrons. The molecule has 0 aliphatic carbocycles. The van der Waals surface area contributed by atoms with Crippen LogP contribution in [0.1, 0.15) is 33.1 Å². The Morgan fingerprint density at radius 1 is 1.62 bits per heavy atom. The monoisotopic (exact) mass is 428 g/mol. The third kappa shape index (κ3) is 7.74. The summed E-state index contributed by atoms with van der Waals surface area (Å²) in [5, 5.41) is 9.86. The van der Waals surface area contributed by atoms with Crippen LogP contribution in [0.15, 0.2) is 22.3 Å². The lowest BCUT2D eigenvalue weighted by Crippen LogP contribution is -2.29. The Kier molecular flexibility index (Phi) is 7.84. The molecule has 0 saturated carbocycles. The Hall–Kier alpha value is 0.0500. The molecule has 1 heterocycles. The van der Waals surface area contributed by atoms with Crippen LogP contribution in [-0.4, -0.2) is 40.9 Å². The van der Waals surface area contributed by atoms with Gasteiger partial charge in [0.1, 0.15) is 12.2 Å². The molecule has 2 unspecified atom stereocenters. The van der Waals surface area contributed by atoms with Gasteiger partial charge in [-0.1, -0.05) is 6.58 Å². The lowest BCUT2D eigenvalue weighted by molar-refractivity contribution is -0.147. The van der Waals surface area contributed by atoms with Crippen LogP contribution in [0, 0.1) is 0 Å². The van der Waals surface area contributed by atoms with Gasteiger partial charge >= 0.3 is 0 Å². The van der Waals surface area contributed by atoms with E-state index >= 15 is 0 Å². The Bertz CT molecular complexity index is 408. The fourth-order valence-corrected chi connectivity index (χ4v) is 3.03. The predicted molar refractivity (Wildman–Crippen MR) is 91.7 cm³/mol. The molecule has 0 aromatic carbocycles. The van der Waals surface area contributed by atoms with Crippen molar-refractivity contribution in [2.75, 3.05) is 6.61 Å². The number of ketones is 1. The van der Waals surface area contributed by atoms with E-state index in [-0.39, 0.29) is 11.2 Å². The zero-order chi connectivity index (χ0) is 16.0. The fourth-order valence-electron chi connectivity index (χ4n) is 1.94. The normalized spacial score (nSPS) is 24.1. The number of hydrogen-bond acceptors (Lipinski definition) is 4. The maximum absolute atomic E-state index is 11.7. The van der Waals surface area contributed by atoms with Gasteiger partial charge in [0.25, 0.3) is 0 Å². The molecule has 3 atom stereocenters. The second-order valence-corrected chi connectivity index (χ2v) is 7.68. The highest BCUT2D eigenvalue weighted by molar-refractivity contribution is 14.1. The van der Waals surface area contributed by atoms with Crippen molar-refractivity contribution >= 4 is 40.0 Å². The van der Waals surface area contributed by atoms with E-state index in [4.69, 9.17) is 21.1 Å². The quantitative estimate of drug-likeness (QED) is 0.366. The van der Waals surface area contributed by atoms with Crippen molar-refractivity contribution < 1.29 is 19.4 Å². The molecule has 1 rings (SSSR count). The molecular formula is C15H22ClIO4. The van der Waals surface area contributed by atoms with Crippen LogP contribution in [0.3, 0.4) is 0 Å². The highest BCUT2D eigenvalue weighted by Gasteiger charge is 2.35. The van der Waals surface area contributed by atoms with E-state index in [1.165, 1.54) is 12.2 Å². The van der Waals surface area contributed by atoms with E-state index in [1.807, 2.05) is 0 Å². The molecule has 1 N–H and O–H groups in total. The zero-order valence-electron chi connectivity index (χ0n) is 12.4. The van der Waals surface area contributed by atoms with E-state index in [0.29, 0.717) is 25.9 Å². The fraction of sp³-hybridized carbons (Fsp3) is 0.667. The van der Waals surface area contributed by atoms with Gasteiger partial charge in [0, 0.05) is 11.8 Å². The number of ether oxygens (including phenoxy) is 2. The molecule has 1 aliphatic rings. The number of allylic oxidation sites excluding steroid dienone is 2. The molecule has 0 radical (unpaired) electrons. The lowest BCUT2D eigenvalue weighted by atomic mass is 10.1. The van der Waals surface area contributed by atoms with Gasteiger partial charge in [-0.25, -0.2) is 0 Å². The first kappa shape index (κ1) is 19.1. The molecule has 0 bridgehead atoms. The third-order valence-corrected chi connectivity index (χ3v) is 3.85. The number of halogens is 2. The van der Waals surface area contributed by atoms with Crippen LogP contribution in [0.2, 0.25) is 0 Å². The Morgan fingerprint density at radius 2 is 2.29 bits per heavy atom. The molecule has 1 saturated heterocycles. The van der Waals surface area contributed by atoms with Crippen molar-refractivity contribution in [3.63, 3.8) is 0 Å². The first-order chi connectivity index (χ1) is 9.69. The van der Waals surface area contributed by atoms with Crippen LogP contribution in [0.25, 0.3) is 0 Å². The number of carbonyl (C=O) groups excluding carboxylic acids is 1. The summed E-state index contributed by atoms with van der Waals surface area (Å²) < 4.78 is 11.9. The van der Waals surface area contributed by atoms with Gasteiger partial charge in [-0.15, -0.1) is 11.6 Å². The maximum Gasteiger partial charge on any atom is 0.163 e. The second kappa shape index (κ2) is 8.62. The van der Waals surface area contributed by atoms with Crippen molar-refractivity contribution in [1.29, 1.82) is 0 Å². The summed E-state index contributed by atoms with van der Waals surface area (Å²) in [6, 6.07) is 0. The van der Waals surface area contributed by atoms with Crippen LogP contribution >= 0.6 is 34.2 Å². The standard InChI is InChI=1S/C15H22ClIO4/c1-10(17)8-11(16)4-5-12(18)6-7-13(19)14-9-20-15(2,3)21-14/h6-7,11,13-14,19H,1,4-5,8-9H2,2-3H3/t11?,13?,14-/m1/s1. The molecule has 0 spiro atoms. The number of rotatable bonds is 8. The van der Waals surface area contributed by atoms with Crippen molar-refractivity contribution in [1.82, 2.24) is 0 Å². The first-order valence-electron chi connectivity index (χ1n) is 6.88. The molecule has 1 fully saturated rings. The summed E-state index contributed by atoms with van der Waals surface area (Å²) in [7, 11) is 0. The number of alkyl halides is 1. The van der Waals surface area contributed by atoms with Gasteiger partial charge in [0.15, 0.2) is 11.6 Å². The molecule has 4 nitrogen and oxygen atoms in total. The van der Waals surface area contributed by atoms with Gasteiger partial charge < -0.3 is 14.6 Å². The van der Waals surface area contributed by atoms with Gasteiger partial charge in [-0.05, 0) is 65.0 Å². The Balaban J connectivity index is 2.32. The van der Waals surface area contributed by atoms with Gasteiger partial charge in [-0.3, -0.25) is 4.79 Å². The van der Waals surface area contributed by atoms with E-state index in [1.54, 1.807) is 13.8 Å². The number of aliphatic hydroxyl groups excluding tert-OH is 1. The van der Waals surface area contributed by atoms with Crippen LogP contribution in [0.5, 0.6) is 0 Å². The molecule has 0 aromatic heterocycles. The number of aliphatic hydroxyl groups is 1. The van der Waals surface area contributed by atoms with Crippen molar-refractivity contribution in [2.24, 2.45) is 0 Å². The third-order valence-electron chi connectivity index (χ3n) is 3.04. The first-order valence-corrected chi connectivity index (χ1v) is 8.39. The average molecular weight is 429 g/mol. The number of hydrogen-bond donors (Lipinski definition) is 1. The minimum Gasteiger partial charge on any atom is -0.386 e. The molecule has 6 heteroatoms. The summed E-state index contributed by atoms with van der Waals surface area (Å²) >= 11 is 8.22. The van der Waals surface area contributed by atoms with E-state index < -0.39 is 18.0 Å². The average Bonchev–Trinajstić information content (AvgIpc) is 2.73. The largest absolute Gasteiger partial charge is 0.386 e. The summed E-state index contributed by atoms with van der Waals surface area (Å²) in [5.41, 5.74) is 0. The maximum atomic E-state index is 11.7. The smallest absolute Gasteiger partial charge is 0.163 e. The molecular weight excluding hydrogens is 407 g/mol. The van der Waals surface area contributed by atoms with Gasteiger partial charge in [-0.2, -0.15) is 0 Å². The summed E-state index contributed by atoms with van der Waals surface area (Å²) in [5.74, 6) is -0.742. The van der Waals surface area contributed by atoms with Crippen LogP contribution < -0.4 is 0 Å². The van der Waals surface area contributed by atoms with E-state index in [2.05, 4.69) is 29.2 Å². The van der Waals surface area contributed by atoms with Crippen LogP contribution in [0.4, 0.5) is 0 Å². The molecule has 21 heavy (non-hydrogen) atoms. The zero-order valence-corrected chi connectivity index (χ0v) is 15.3. The molecule has 1 aliphatic heterocycles. The topological polar surface area (TPSA) is 55.8 Å². The summed E-state index contributed by atoms with van der Waals surface area (Å²) in [6.45, 7) is 7.67. The van der Waals surface area contributed by atoms with Crippen molar-refractivity contribution in [2.45, 2.75) is 56.5 Å². The SMILES string of the molecule is C=C(I)CC(Cl)CCC(=O)C=CC(O)[C@H]1COC(C)(C)O1. The molecule has 0 amide bonds. The Labute approximate surface area is 144 Å². The minimum atomic E-state index is -0.850. The van der Waals surface area contributed by atoms with Crippen molar-refractivity contribution in [3.05, 3.63) is 22.3 Å². The highest BCUT2D eigenvalue weighted by atomic mass is 127. The second-order valence-electron chi connectivity index (χ2n) is 5.54. The number of carbonyl (C=O) groups is 1. The summed E-state index contributed by atoms with van der Waals surface area (Å²) in [6.07, 6.45) is 3.21. The Morgan fingerprint density at radius 3 is 2.81 bits per heavy atom. The van der Waals surface area contributed by atoms with Crippen LogP contribution in [-0.2, 0) is 14.3 Å². The minimum absolute atomic E-state index is 0.0584. The van der Waals surface area contributed by atoms with Crippen molar-refractivity contribution in [3.8, 4) is 0 Å². The van der Waals surface area contributed by atoms with Gasteiger partial charge in [0.2, 0.25) is 0 Å². The highest BCUT2D eigenvalue weighted by Crippen LogP contribution is 2.24. The lowest BCUT2D eigenvalue weighted by Gasteiger charge is -2.18. The summed E-state index contributed by atoms with van der Waals surface area (Å²) in [4.78, 5) is 11.7. The van der Waals surface area contributed by atoms with E-state index in [0.717, 1.165) is 3.58 Å². The van der Waals surface area contributed by atoms with E-state index in [9.17, 15) is 9.90 Å². The predicted octanol–water partition coefficient (Wildman–Crippen LogP) is 3.35. The van der Waals surface area contributed by atoms with Gasteiger partial charge in [0.05, 0.1) is 6.61 Å².